The Morgan fingerprint density at radius 2 is 2.04 bits per heavy atom. The number of benzene rings is 1. The molecule has 1 fully saturated rings. The van der Waals surface area contributed by atoms with Gasteiger partial charge in [-0.2, -0.15) is 10.5 Å². The van der Waals surface area contributed by atoms with Crippen molar-refractivity contribution in [3.63, 3.8) is 0 Å². The van der Waals surface area contributed by atoms with E-state index in [1.165, 1.54) is 31.3 Å². The van der Waals surface area contributed by atoms with Gasteiger partial charge >= 0.3 is 0 Å². The van der Waals surface area contributed by atoms with E-state index in [1.54, 1.807) is 0 Å². The number of nitrogens with one attached hydrogen (secondary N) is 1. The largest absolute Gasteiger partial charge is 0.344 e. The summed E-state index contributed by atoms with van der Waals surface area (Å²) in [5.41, 5.74) is -1.18. The molecule has 27 heavy (non-hydrogen) atoms. The van der Waals surface area contributed by atoms with Crippen LogP contribution in [0.3, 0.4) is 0 Å². The van der Waals surface area contributed by atoms with E-state index < -0.39 is 29.7 Å². The number of nitriles is 2. The monoisotopic (exact) mass is 406 g/mol. The van der Waals surface area contributed by atoms with Gasteiger partial charge in [0.05, 0.1) is 23.2 Å². The number of thiazole rings is 1. The highest BCUT2D eigenvalue weighted by molar-refractivity contribution is 7.16. The van der Waals surface area contributed by atoms with Gasteiger partial charge in [-0.25, -0.2) is 13.8 Å². The normalized spacial score (nSPS) is 23.4. The summed E-state index contributed by atoms with van der Waals surface area (Å²) in [5, 5.41) is 21.3. The van der Waals surface area contributed by atoms with Crippen molar-refractivity contribution in [2.75, 3.05) is 0 Å². The third-order valence-electron chi connectivity index (χ3n) is 4.64. The van der Waals surface area contributed by atoms with Gasteiger partial charge in [-0.1, -0.05) is 17.7 Å². The van der Waals surface area contributed by atoms with Gasteiger partial charge in [-0.3, -0.25) is 4.79 Å². The number of rotatable bonds is 3. The van der Waals surface area contributed by atoms with Crippen molar-refractivity contribution in [1.29, 1.82) is 10.5 Å². The molecule has 138 valence electrons. The Hall–Kier alpha value is -2.55. The van der Waals surface area contributed by atoms with Crippen molar-refractivity contribution in [3.8, 4) is 12.1 Å². The van der Waals surface area contributed by atoms with Gasteiger partial charge in [0.1, 0.15) is 27.0 Å². The summed E-state index contributed by atoms with van der Waals surface area (Å²) in [7, 11) is 0. The molecule has 1 N–H and O–H groups in total. The third-order valence-corrected chi connectivity index (χ3v) is 5.94. The molecule has 1 aromatic heterocycles. The fourth-order valence-corrected chi connectivity index (χ4v) is 4.78. The summed E-state index contributed by atoms with van der Waals surface area (Å²) in [6.07, 6.45) is 0.866. The minimum atomic E-state index is -3.15. The van der Waals surface area contributed by atoms with Gasteiger partial charge in [-0.15, -0.1) is 11.3 Å². The number of hydrogen-bond donors (Lipinski definition) is 1. The van der Waals surface area contributed by atoms with Gasteiger partial charge < -0.3 is 5.32 Å². The lowest BCUT2D eigenvalue weighted by atomic mass is 9.80. The second-order valence-corrected chi connectivity index (χ2v) is 8.01. The lowest BCUT2D eigenvalue weighted by Crippen LogP contribution is -2.49. The van der Waals surface area contributed by atoms with Crippen LogP contribution in [0.4, 0.5) is 8.78 Å². The molecule has 1 aliphatic rings. The summed E-state index contributed by atoms with van der Waals surface area (Å²) in [4.78, 5) is 16.1. The average Bonchev–Trinajstić information content (AvgIpc) is 3.16. The maximum atomic E-state index is 15.0. The maximum absolute atomic E-state index is 15.0. The Kier molecular flexibility index (Phi) is 4.90. The number of amides is 1. The summed E-state index contributed by atoms with van der Waals surface area (Å²) in [5.74, 6) is -5.07. The van der Waals surface area contributed by atoms with E-state index in [0.717, 1.165) is 11.3 Å². The molecule has 1 amide bonds. The van der Waals surface area contributed by atoms with E-state index in [9.17, 15) is 18.8 Å². The molecule has 0 saturated heterocycles. The molecule has 1 heterocycles. The second-order valence-electron chi connectivity index (χ2n) is 6.34. The van der Waals surface area contributed by atoms with E-state index in [1.807, 2.05) is 12.1 Å². The number of alkyl halides is 2. The summed E-state index contributed by atoms with van der Waals surface area (Å²) >= 11 is 7.00. The number of aromatic nitrogens is 1. The van der Waals surface area contributed by atoms with E-state index >= 15 is 0 Å². The maximum Gasteiger partial charge on any atom is 0.257 e. The molecule has 0 aliphatic heterocycles. The first-order valence-electron chi connectivity index (χ1n) is 7.96. The van der Waals surface area contributed by atoms with E-state index in [2.05, 4.69) is 10.3 Å². The van der Waals surface area contributed by atoms with Crippen molar-refractivity contribution in [3.05, 3.63) is 50.4 Å². The number of nitrogens with zero attached hydrogens (tertiary/aromatic N) is 3. The fourth-order valence-electron chi connectivity index (χ4n) is 3.67. The zero-order valence-electron chi connectivity index (χ0n) is 14.1. The molecular formula is C18H13ClF2N4OS. The van der Waals surface area contributed by atoms with Crippen LogP contribution in [0.5, 0.6) is 0 Å². The predicted molar refractivity (Wildman–Crippen MR) is 95.4 cm³/mol. The zero-order chi connectivity index (χ0) is 19.8. The van der Waals surface area contributed by atoms with Crippen molar-refractivity contribution in [1.82, 2.24) is 10.3 Å². The predicted octanol–water partition coefficient (Wildman–Crippen LogP) is 4.08. The topological polar surface area (TPSA) is 89.6 Å². The molecule has 2 aromatic rings. The van der Waals surface area contributed by atoms with Crippen LogP contribution in [0.1, 0.15) is 47.4 Å². The fraction of sp³-hybridized carbons (Fsp3) is 0.333. The van der Waals surface area contributed by atoms with E-state index in [-0.39, 0.29) is 28.1 Å². The molecule has 0 unspecified atom stereocenters. The lowest BCUT2D eigenvalue weighted by Gasteiger charge is -2.36. The van der Waals surface area contributed by atoms with Crippen LogP contribution < -0.4 is 5.32 Å². The van der Waals surface area contributed by atoms with E-state index in [4.69, 9.17) is 16.9 Å². The van der Waals surface area contributed by atoms with Gasteiger partial charge in [0.15, 0.2) is 0 Å². The Labute approximate surface area is 163 Å². The molecule has 5 nitrogen and oxygen atoms in total. The van der Waals surface area contributed by atoms with Gasteiger partial charge in [0.25, 0.3) is 5.92 Å². The minimum Gasteiger partial charge on any atom is -0.344 e. The first-order valence-corrected chi connectivity index (χ1v) is 9.15. The highest BCUT2D eigenvalue weighted by atomic mass is 35.5. The molecule has 0 radical (unpaired) electrons. The summed E-state index contributed by atoms with van der Waals surface area (Å²) < 4.78 is 30.3. The van der Waals surface area contributed by atoms with Crippen molar-refractivity contribution in [2.45, 2.75) is 37.1 Å². The molecule has 1 aliphatic carbocycles. The first-order chi connectivity index (χ1) is 12.7. The highest BCUT2D eigenvalue weighted by Gasteiger charge is 2.62. The standard InChI is InChI=1S/C18H13ClF2N4OS/c1-10(26)25-17(16-24-9-14(19)27-16)4-5-18(20,21)15(17)11-2-3-12(7-22)13(6-11)8-23/h2-3,6,9,15H,4-5H2,1H3,(H,25,26)/t15-,17-/m0/s1. The quantitative estimate of drug-likeness (QED) is 0.831. The number of carbonyl (C=O) groups excluding carboxylic acids is 1. The molecule has 3 rings (SSSR count). The van der Waals surface area contributed by atoms with Crippen molar-refractivity contribution < 1.29 is 13.6 Å². The Bertz CT molecular complexity index is 994. The molecule has 1 aromatic carbocycles. The Balaban J connectivity index is 2.23. The smallest absolute Gasteiger partial charge is 0.257 e. The third kappa shape index (κ3) is 3.27. The van der Waals surface area contributed by atoms with Crippen LogP contribution >= 0.6 is 22.9 Å². The Morgan fingerprint density at radius 3 is 2.59 bits per heavy atom. The molecule has 0 spiro atoms. The number of halogens is 3. The van der Waals surface area contributed by atoms with E-state index in [0.29, 0.717) is 4.34 Å². The van der Waals surface area contributed by atoms with Gasteiger partial charge in [0, 0.05) is 13.3 Å². The molecule has 1 saturated carbocycles. The van der Waals surface area contributed by atoms with Gasteiger partial charge in [-0.05, 0) is 24.1 Å². The highest BCUT2D eigenvalue weighted by Crippen LogP contribution is 2.58. The summed E-state index contributed by atoms with van der Waals surface area (Å²) in [6, 6.07) is 7.75. The molecular weight excluding hydrogens is 394 g/mol. The van der Waals surface area contributed by atoms with Crippen LogP contribution in [-0.4, -0.2) is 16.8 Å². The van der Waals surface area contributed by atoms with Crippen LogP contribution in [0.2, 0.25) is 4.34 Å². The van der Waals surface area contributed by atoms with Crippen LogP contribution in [0.15, 0.2) is 24.4 Å². The average molecular weight is 407 g/mol. The minimum absolute atomic E-state index is 0.00611. The van der Waals surface area contributed by atoms with Gasteiger partial charge in [0.2, 0.25) is 5.91 Å². The second kappa shape index (κ2) is 6.88. The van der Waals surface area contributed by atoms with Crippen LogP contribution in [0, 0.1) is 22.7 Å². The molecule has 2 atom stereocenters. The molecule has 9 heteroatoms. The Morgan fingerprint density at radius 1 is 1.33 bits per heavy atom. The van der Waals surface area contributed by atoms with Crippen molar-refractivity contribution >= 4 is 28.8 Å². The lowest BCUT2D eigenvalue weighted by molar-refractivity contribution is -0.121. The molecule has 0 bridgehead atoms. The SMILES string of the molecule is CC(=O)N[C@@]1(c2ncc(Cl)s2)CCC(F)(F)[C@H]1c1ccc(C#N)c(C#N)c1. The zero-order valence-corrected chi connectivity index (χ0v) is 15.7. The number of hydrogen-bond acceptors (Lipinski definition) is 5. The van der Waals surface area contributed by atoms with Crippen LogP contribution in [-0.2, 0) is 10.3 Å². The summed E-state index contributed by atoms with van der Waals surface area (Å²) in [6.45, 7) is 1.25. The number of carbonyl (C=O) groups is 1. The first kappa shape index (κ1) is 19.2. The van der Waals surface area contributed by atoms with Crippen molar-refractivity contribution in [2.24, 2.45) is 0 Å². The van der Waals surface area contributed by atoms with Crippen LogP contribution in [0.25, 0.3) is 0 Å².